The van der Waals surface area contributed by atoms with Gasteiger partial charge in [0, 0.05) is 42.0 Å². The standard InChI is InChI=1S/C16H19N3OS/c1-12-13(4-3-7-17-12)14(20)19-9-5-16(2,6-10-19)15-18-8-11-21-15/h3-4,7-8,11H,5-6,9-10H2,1-2H3. The van der Waals surface area contributed by atoms with E-state index >= 15 is 0 Å². The first kappa shape index (κ1) is 14.2. The van der Waals surface area contributed by atoms with Crippen LogP contribution in [0.4, 0.5) is 0 Å². The number of piperidine rings is 1. The van der Waals surface area contributed by atoms with Crippen LogP contribution in [0.25, 0.3) is 0 Å². The number of aryl methyl sites for hydroxylation is 1. The first-order valence-electron chi connectivity index (χ1n) is 7.21. The van der Waals surface area contributed by atoms with E-state index in [1.807, 2.05) is 35.5 Å². The Bertz CT molecular complexity index is 631. The Morgan fingerprint density at radius 3 is 2.67 bits per heavy atom. The fraction of sp³-hybridized carbons (Fsp3) is 0.438. The van der Waals surface area contributed by atoms with Gasteiger partial charge < -0.3 is 4.90 Å². The number of aromatic nitrogens is 2. The summed E-state index contributed by atoms with van der Waals surface area (Å²) in [6.45, 7) is 5.70. The molecule has 1 amide bonds. The van der Waals surface area contributed by atoms with Crippen LogP contribution in [0.15, 0.2) is 29.9 Å². The van der Waals surface area contributed by atoms with E-state index in [1.165, 1.54) is 5.01 Å². The lowest BCUT2D eigenvalue weighted by Gasteiger charge is -2.38. The second kappa shape index (κ2) is 5.56. The Balaban J connectivity index is 1.72. The summed E-state index contributed by atoms with van der Waals surface area (Å²) in [5.41, 5.74) is 1.63. The van der Waals surface area contributed by atoms with E-state index < -0.39 is 0 Å². The van der Waals surface area contributed by atoms with E-state index in [-0.39, 0.29) is 11.3 Å². The van der Waals surface area contributed by atoms with E-state index in [2.05, 4.69) is 16.9 Å². The largest absolute Gasteiger partial charge is 0.339 e. The highest BCUT2D eigenvalue weighted by Crippen LogP contribution is 2.36. The van der Waals surface area contributed by atoms with E-state index in [1.54, 1.807) is 17.5 Å². The van der Waals surface area contributed by atoms with Crippen LogP contribution in [0.5, 0.6) is 0 Å². The molecule has 110 valence electrons. The van der Waals surface area contributed by atoms with Crippen molar-refractivity contribution in [1.29, 1.82) is 0 Å². The van der Waals surface area contributed by atoms with E-state index in [9.17, 15) is 4.79 Å². The average molecular weight is 301 g/mol. The van der Waals surface area contributed by atoms with Crippen LogP contribution in [0.1, 0.15) is 40.8 Å². The molecule has 0 radical (unpaired) electrons. The van der Waals surface area contributed by atoms with Gasteiger partial charge in [-0.15, -0.1) is 11.3 Å². The Kier molecular flexibility index (Phi) is 3.76. The summed E-state index contributed by atoms with van der Waals surface area (Å²) in [5.74, 6) is 0.0989. The van der Waals surface area contributed by atoms with Gasteiger partial charge in [0.05, 0.1) is 10.6 Å². The number of pyridine rings is 1. The number of likely N-dealkylation sites (tertiary alicyclic amines) is 1. The van der Waals surface area contributed by atoms with Crippen molar-refractivity contribution in [2.24, 2.45) is 0 Å². The van der Waals surface area contributed by atoms with Crippen LogP contribution in [0.2, 0.25) is 0 Å². The molecule has 0 spiro atoms. The molecular weight excluding hydrogens is 282 g/mol. The van der Waals surface area contributed by atoms with Crippen LogP contribution in [-0.2, 0) is 5.41 Å². The summed E-state index contributed by atoms with van der Waals surface area (Å²) in [4.78, 5) is 23.2. The third-order valence-electron chi connectivity index (χ3n) is 4.34. The van der Waals surface area contributed by atoms with Crippen molar-refractivity contribution in [3.63, 3.8) is 0 Å². The number of rotatable bonds is 2. The van der Waals surface area contributed by atoms with Gasteiger partial charge in [-0.25, -0.2) is 4.98 Å². The lowest BCUT2D eigenvalue weighted by molar-refractivity contribution is 0.0674. The maximum absolute atomic E-state index is 12.6. The fourth-order valence-corrected chi connectivity index (χ4v) is 3.68. The minimum Gasteiger partial charge on any atom is -0.339 e. The molecule has 3 heterocycles. The summed E-state index contributed by atoms with van der Waals surface area (Å²) < 4.78 is 0. The van der Waals surface area contributed by atoms with Gasteiger partial charge >= 0.3 is 0 Å². The van der Waals surface area contributed by atoms with Gasteiger partial charge in [0.25, 0.3) is 5.91 Å². The maximum atomic E-state index is 12.6. The van der Waals surface area contributed by atoms with Crippen molar-refractivity contribution in [2.75, 3.05) is 13.1 Å². The first-order chi connectivity index (χ1) is 10.1. The minimum atomic E-state index is 0.0989. The van der Waals surface area contributed by atoms with Crippen LogP contribution < -0.4 is 0 Å². The number of nitrogens with zero attached hydrogens (tertiary/aromatic N) is 3. The summed E-state index contributed by atoms with van der Waals surface area (Å²) >= 11 is 1.71. The van der Waals surface area contributed by atoms with Gasteiger partial charge in [-0.1, -0.05) is 6.92 Å². The number of thiazole rings is 1. The van der Waals surface area contributed by atoms with Crippen molar-refractivity contribution in [3.8, 4) is 0 Å². The molecule has 0 atom stereocenters. The number of hydrogen-bond acceptors (Lipinski definition) is 4. The molecule has 0 aromatic carbocycles. The third-order valence-corrected chi connectivity index (χ3v) is 5.42. The highest BCUT2D eigenvalue weighted by Gasteiger charge is 2.35. The summed E-state index contributed by atoms with van der Waals surface area (Å²) in [6.07, 6.45) is 5.51. The number of carbonyl (C=O) groups excluding carboxylic acids is 1. The predicted octanol–water partition coefficient (Wildman–Crippen LogP) is 3.04. The smallest absolute Gasteiger partial charge is 0.255 e. The molecule has 1 fully saturated rings. The second-order valence-corrected chi connectivity index (χ2v) is 6.72. The monoisotopic (exact) mass is 301 g/mol. The number of carbonyl (C=O) groups is 1. The Morgan fingerprint density at radius 2 is 2.05 bits per heavy atom. The molecule has 5 heteroatoms. The van der Waals surface area contributed by atoms with E-state index in [4.69, 9.17) is 0 Å². The molecule has 0 aliphatic carbocycles. The zero-order chi connectivity index (χ0) is 14.9. The molecular formula is C16H19N3OS. The summed E-state index contributed by atoms with van der Waals surface area (Å²) in [6, 6.07) is 3.68. The lowest BCUT2D eigenvalue weighted by Crippen LogP contribution is -2.44. The molecule has 1 aliphatic heterocycles. The normalized spacial score (nSPS) is 17.7. The molecule has 0 unspecified atom stereocenters. The summed E-state index contributed by atoms with van der Waals surface area (Å²) in [5, 5.41) is 3.21. The quantitative estimate of drug-likeness (QED) is 0.856. The number of hydrogen-bond donors (Lipinski definition) is 0. The maximum Gasteiger partial charge on any atom is 0.255 e. The van der Waals surface area contributed by atoms with Gasteiger partial charge in [0.15, 0.2) is 0 Å². The zero-order valence-electron chi connectivity index (χ0n) is 12.4. The predicted molar refractivity (Wildman–Crippen MR) is 83.6 cm³/mol. The van der Waals surface area contributed by atoms with Gasteiger partial charge in [0.2, 0.25) is 0 Å². The molecule has 2 aromatic heterocycles. The molecule has 4 nitrogen and oxygen atoms in total. The first-order valence-corrected chi connectivity index (χ1v) is 8.09. The lowest BCUT2D eigenvalue weighted by atomic mass is 9.81. The van der Waals surface area contributed by atoms with Crippen molar-refractivity contribution in [2.45, 2.75) is 32.1 Å². The zero-order valence-corrected chi connectivity index (χ0v) is 13.2. The Hall–Kier alpha value is -1.75. The van der Waals surface area contributed by atoms with Crippen molar-refractivity contribution in [3.05, 3.63) is 46.2 Å². The van der Waals surface area contributed by atoms with Gasteiger partial charge in [-0.2, -0.15) is 0 Å². The molecule has 2 aromatic rings. The topological polar surface area (TPSA) is 46.1 Å². The molecule has 1 aliphatic rings. The van der Waals surface area contributed by atoms with Crippen LogP contribution >= 0.6 is 11.3 Å². The van der Waals surface area contributed by atoms with Crippen molar-refractivity contribution in [1.82, 2.24) is 14.9 Å². The van der Waals surface area contributed by atoms with E-state index in [0.717, 1.165) is 37.2 Å². The molecule has 1 saturated heterocycles. The second-order valence-electron chi connectivity index (χ2n) is 5.83. The van der Waals surface area contributed by atoms with Gasteiger partial charge in [-0.05, 0) is 31.9 Å². The molecule has 0 bridgehead atoms. The highest BCUT2D eigenvalue weighted by atomic mass is 32.1. The van der Waals surface area contributed by atoms with Crippen molar-refractivity contribution < 1.29 is 4.79 Å². The Labute approximate surface area is 128 Å². The molecule has 21 heavy (non-hydrogen) atoms. The van der Waals surface area contributed by atoms with E-state index in [0.29, 0.717) is 0 Å². The highest BCUT2D eigenvalue weighted by molar-refractivity contribution is 7.09. The fourth-order valence-electron chi connectivity index (χ4n) is 2.82. The van der Waals surface area contributed by atoms with Crippen LogP contribution in [0, 0.1) is 6.92 Å². The third kappa shape index (κ3) is 2.70. The molecule has 0 N–H and O–H groups in total. The van der Waals surface area contributed by atoms with Gasteiger partial charge in [-0.3, -0.25) is 9.78 Å². The van der Waals surface area contributed by atoms with Crippen LogP contribution in [0.3, 0.4) is 0 Å². The SMILES string of the molecule is Cc1ncccc1C(=O)N1CCC(C)(c2nccs2)CC1. The van der Waals surface area contributed by atoms with Crippen molar-refractivity contribution >= 4 is 17.2 Å². The van der Waals surface area contributed by atoms with Crippen LogP contribution in [-0.4, -0.2) is 33.9 Å². The number of amides is 1. The minimum absolute atomic E-state index is 0.0989. The molecule has 3 rings (SSSR count). The average Bonchev–Trinajstić information content (AvgIpc) is 3.03. The summed E-state index contributed by atoms with van der Waals surface area (Å²) in [7, 11) is 0. The van der Waals surface area contributed by atoms with Gasteiger partial charge in [0.1, 0.15) is 0 Å². The molecule has 0 saturated carbocycles. The Morgan fingerprint density at radius 1 is 1.29 bits per heavy atom.